The number of hydrogen-bond acceptors (Lipinski definition) is 5. The number of nitriles is 1. The molecule has 122 valence electrons. The molecule has 0 fully saturated rings. The van der Waals surface area contributed by atoms with Gasteiger partial charge in [-0.2, -0.15) is 5.26 Å². The minimum Gasteiger partial charge on any atom is -0.329 e. The highest BCUT2D eigenvalue weighted by Crippen LogP contribution is 2.21. The van der Waals surface area contributed by atoms with E-state index in [9.17, 15) is 4.79 Å². The summed E-state index contributed by atoms with van der Waals surface area (Å²) in [5, 5.41) is 11.8. The highest BCUT2D eigenvalue weighted by atomic mass is 16.1. The first kappa shape index (κ1) is 16.1. The molecule has 0 saturated carbocycles. The van der Waals surface area contributed by atoms with Crippen molar-refractivity contribution < 1.29 is 4.79 Å². The zero-order valence-corrected chi connectivity index (χ0v) is 13.5. The van der Waals surface area contributed by atoms with E-state index in [4.69, 9.17) is 5.26 Å². The summed E-state index contributed by atoms with van der Waals surface area (Å²) < 4.78 is 0. The minimum absolute atomic E-state index is 0.223. The second kappa shape index (κ2) is 7.23. The van der Waals surface area contributed by atoms with Crippen LogP contribution in [0, 0.1) is 11.3 Å². The topological polar surface area (TPSA) is 81.9 Å². The molecule has 2 aromatic carbocycles. The van der Waals surface area contributed by atoms with Crippen LogP contribution >= 0.6 is 0 Å². The highest BCUT2D eigenvalue weighted by Gasteiger charge is 2.13. The van der Waals surface area contributed by atoms with Crippen molar-refractivity contribution in [3.63, 3.8) is 0 Å². The first-order valence-electron chi connectivity index (χ1n) is 7.60. The van der Waals surface area contributed by atoms with E-state index < -0.39 is 5.91 Å². The lowest BCUT2D eigenvalue weighted by atomic mass is 10.2. The normalized spacial score (nSPS) is 9.92. The van der Waals surface area contributed by atoms with Gasteiger partial charge in [0.1, 0.15) is 23.9 Å². The average Bonchev–Trinajstić information content (AvgIpc) is 2.68. The van der Waals surface area contributed by atoms with E-state index in [1.165, 1.54) is 6.33 Å². The highest BCUT2D eigenvalue weighted by molar-refractivity contribution is 6.04. The molecular weight excluding hydrogens is 314 g/mol. The molecule has 0 unspecified atom stereocenters. The fraction of sp³-hybridized carbons (Fsp3) is 0.0526. The van der Waals surface area contributed by atoms with Crippen molar-refractivity contribution >= 4 is 23.1 Å². The lowest BCUT2D eigenvalue weighted by Gasteiger charge is -2.18. The first-order chi connectivity index (χ1) is 12.2. The fourth-order valence-corrected chi connectivity index (χ4v) is 2.31. The monoisotopic (exact) mass is 329 g/mol. The number of carbonyl (C=O) groups is 1. The third kappa shape index (κ3) is 3.62. The fourth-order valence-electron chi connectivity index (χ4n) is 2.31. The Balaban J connectivity index is 1.84. The van der Waals surface area contributed by atoms with Crippen LogP contribution in [-0.2, 0) is 0 Å². The van der Waals surface area contributed by atoms with Crippen LogP contribution in [0.15, 0.2) is 67.0 Å². The maximum Gasteiger partial charge on any atom is 0.274 e. The molecule has 6 heteroatoms. The molecule has 1 aromatic heterocycles. The molecule has 3 aromatic rings. The Morgan fingerprint density at radius 2 is 1.80 bits per heavy atom. The van der Waals surface area contributed by atoms with Crippen LogP contribution in [0.5, 0.6) is 0 Å². The van der Waals surface area contributed by atoms with Gasteiger partial charge in [-0.25, -0.2) is 9.97 Å². The van der Waals surface area contributed by atoms with E-state index in [1.807, 2.05) is 48.3 Å². The lowest BCUT2D eigenvalue weighted by Crippen LogP contribution is -2.17. The zero-order chi connectivity index (χ0) is 17.6. The van der Waals surface area contributed by atoms with E-state index in [0.717, 1.165) is 5.69 Å². The molecule has 6 nitrogen and oxygen atoms in total. The molecule has 0 aliphatic carbocycles. The third-order valence-electron chi connectivity index (χ3n) is 3.67. The van der Waals surface area contributed by atoms with Gasteiger partial charge in [0.15, 0.2) is 0 Å². The molecule has 25 heavy (non-hydrogen) atoms. The van der Waals surface area contributed by atoms with Crippen molar-refractivity contribution in [2.24, 2.45) is 0 Å². The summed E-state index contributed by atoms with van der Waals surface area (Å²) in [5.74, 6) is 0.202. The number of anilines is 3. The summed E-state index contributed by atoms with van der Waals surface area (Å²) in [5.41, 5.74) is 2.01. The maximum atomic E-state index is 12.5. The van der Waals surface area contributed by atoms with Gasteiger partial charge in [0.25, 0.3) is 5.91 Å². The Bertz CT molecular complexity index is 934. The van der Waals surface area contributed by atoms with Gasteiger partial charge < -0.3 is 10.2 Å². The van der Waals surface area contributed by atoms with E-state index in [1.54, 1.807) is 30.3 Å². The van der Waals surface area contributed by atoms with Crippen molar-refractivity contribution in [2.45, 2.75) is 0 Å². The number of aromatic nitrogens is 2. The van der Waals surface area contributed by atoms with Crippen molar-refractivity contribution in [1.29, 1.82) is 5.26 Å². The number of nitrogens with one attached hydrogen (secondary N) is 1. The van der Waals surface area contributed by atoms with Gasteiger partial charge in [0.2, 0.25) is 0 Å². The van der Waals surface area contributed by atoms with Crippen molar-refractivity contribution in [1.82, 2.24) is 9.97 Å². The lowest BCUT2D eigenvalue weighted by molar-refractivity contribution is 0.102. The summed E-state index contributed by atoms with van der Waals surface area (Å²) in [4.78, 5) is 22.6. The number of para-hydroxylation sites is 2. The number of carbonyl (C=O) groups excluding carboxylic acids is 1. The Morgan fingerprint density at radius 3 is 2.56 bits per heavy atom. The number of nitrogens with zero attached hydrogens (tertiary/aromatic N) is 4. The molecule has 1 N–H and O–H groups in total. The largest absolute Gasteiger partial charge is 0.329 e. The van der Waals surface area contributed by atoms with Gasteiger partial charge in [-0.05, 0) is 24.3 Å². The second-order valence-electron chi connectivity index (χ2n) is 5.27. The van der Waals surface area contributed by atoms with Crippen LogP contribution in [0.1, 0.15) is 16.1 Å². The minimum atomic E-state index is -0.396. The summed E-state index contributed by atoms with van der Waals surface area (Å²) in [7, 11) is 1.87. The zero-order valence-electron chi connectivity index (χ0n) is 13.5. The predicted molar refractivity (Wildman–Crippen MR) is 95.6 cm³/mol. The molecule has 0 atom stereocenters. The second-order valence-corrected chi connectivity index (χ2v) is 5.27. The summed E-state index contributed by atoms with van der Waals surface area (Å²) in [6, 6.07) is 20.2. The predicted octanol–water partition coefficient (Wildman–Crippen LogP) is 3.37. The molecule has 0 saturated heterocycles. The van der Waals surface area contributed by atoms with Crippen LogP contribution < -0.4 is 10.2 Å². The summed E-state index contributed by atoms with van der Waals surface area (Å²) in [6.07, 6.45) is 1.35. The Morgan fingerprint density at radius 1 is 1.08 bits per heavy atom. The van der Waals surface area contributed by atoms with Crippen LogP contribution in [-0.4, -0.2) is 22.9 Å². The van der Waals surface area contributed by atoms with Crippen molar-refractivity contribution in [3.05, 3.63) is 78.2 Å². The van der Waals surface area contributed by atoms with Crippen LogP contribution in [0.4, 0.5) is 17.2 Å². The average molecular weight is 329 g/mol. The maximum absolute atomic E-state index is 12.5. The van der Waals surface area contributed by atoms with E-state index in [0.29, 0.717) is 17.1 Å². The van der Waals surface area contributed by atoms with Crippen LogP contribution in [0.3, 0.4) is 0 Å². The molecule has 0 aliphatic rings. The Kier molecular flexibility index (Phi) is 4.67. The standard InChI is InChI=1S/C19H15N5O/c1-24(15-8-3-2-4-9-15)18-11-17(21-13-22-18)19(25)23-16-10-6-5-7-14(16)12-20/h2-11,13H,1H3,(H,23,25). The van der Waals surface area contributed by atoms with Crippen molar-refractivity contribution in [2.75, 3.05) is 17.3 Å². The molecule has 1 heterocycles. The number of benzene rings is 2. The van der Waals surface area contributed by atoms with Gasteiger partial charge in [0, 0.05) is 18.8 Å². The Labute approximate surface area is 145 Å². The van der Waals surface area contributed by atoms with Gasteiger partial charge in [-0.15, -0.1) is 0 Å². The van der Waals surface area contributed by atoms with Gasteiger partial charge in [0.05, 0.1) is 11.3 Å². The number of hydrogen-bond donors (Lipinski definition) is 1. The van der Waals surface area contributed by atoms with Gasteiger partial charge in [-0.3, -0.25) is 4.79 Å². The number of amides is 1. The van der Waals surface area contributed by atoms with E-state index in [-0.39, 0.29) is 5.69 Å². The summed E-state index contributed by atoms with van der Waals surface area (Å²) in [6.45, 7) is 0. The smallest absolute Gasteiger partial charge is 0.274 e. The third-order valence-corrected chi connectivity index (χ3v) is 3.67. The number of rotatable bonds is 4. The molecular formula is C19H15N5O. The molecule has 0 radical (unpaired) electrons. The Hall–Kier alpha value is -3.72. The molecule has 0 aliphatic heterocycles. The molecule has 0 bridgehead atoms. The molecule has 1 amide bonds. The van der Waals surface area contributed by atoms with Crippen molar-refractivity contribution in [3.8, 4) is 6.07 Å². The first-order valence-corrected chi connectivity index (χ1v) is 7.60. The van der Waals surface area contributed by atoms with Gasteiger partial charge in [-0.1, -0.05) is 30.3 Å². The van der Waals surface area contributed by atoms with E-state index >= 15 is 0 Å². The van der Waals surface area contributed by atoms with Crippen LogP contribution in [0.25, 0.3) is 0 Å². The molecule has 3 rings (SSSR count). The van der Waals surface area contributed by atoms with E-state index in [2.05, 4.69) is 15.3 Å². The summed E-state index contributed by atoms with van der Waals surface area (Å²) >= 11 is 0. The van der Waals surface area contributed by atoms with Gasteiger partial charge >= 0.3 is 0 Å². The quantitative estimate of drug-likeness (QED) is 0.793. The SMILES string of the molecule is CN(c1ccccc1)c1cc(C(=O)Nc2ccccc2C#N)ncn1. The molecule has 0 spiro atoms. The van der Waals surface area contributed by atoms with Crippen LogP contribution in [0.2, 0.25) is 0 Å².